The monoisotopic (exact) mass is 256 g/mol. The predicted octanol–water partition coefficient (Wildman–Crippen LogP) is 2.89. The van der Waals surface area contributed by atoms with E-state index in [1.54, 1.807) is 23.7 Å². The van der Waals surface area contributed by atoms with Crippen molar-refractivity contribution in [3.05, 3.63) is 48.3 Å². The van der Waals surface area contributed by atoms with E-state index in [0.717, 1.165) is 27.6 Å². The summed E-state index contributed by atoms with van der Waals surface area (Å²) in [5.74, 6) is 0. The number of fused-ring (bicyclic) bond motifs is 1. The number of nitrogens with zero attached hydrogens (tertiary/aromatic N) is 2. The van der Waals surface area contributed by atoms with E-state index in [9.17, 15) is 0 Å². The van der Waals surface area contributed by atoms with Gasteiger partial charge in [0.25, 0.3) is 0 Å². The number of anilines is 2. The number of rotatable bonds is 3. The second-order valence-electron chi connectivity index (χ2n) is 3.96. The Balaban J connectivity index is 1.79. The fourth-order valence-electron chi connectivity index (χ4n) is 1.70. The van der Waals surface area contributed by atoms with Crippen LogP contribution in [0.2, 0.25) is 0 Å². The summed E-state index contributed by atoms with van der Waals surface area (Å²) in [5, 5.41) is 4.22. The molecule has 0 aliphatic rings. The molecule has 3 aromatic rings. The number of nitrogen functional groups attached to an aromatic ring is 1. The molecule has 0 radical (unpaired) electrons. The lowest BCUT2D eigenvalue weighted by atomic mass is 10.3. The predicted molar refractivity (Wildman–Crippen MR) is 75.6 cm³/mol. The van der Waals surface area contributed by atoms with Crippen LogP contribution in [0.1, 0.15) is 5.56 Å². The van der Waals surface area contributed by atoms with Crippen LogP contribution in [0.3, 0.4) is 0 Å². The minimum Gasteiger partial charge on any atom is -0.399 e. The van der Waals surface area contributed by atoms with E-state index in [0.29, 0.717) is 0 Å². The van der Waals surface area contributed by atoms with Crippen molar-refractivity contribution in [3.63, 3.8) is 0 Å². The Kier molecular flexibility index (Phi) is 2.82. The topological polar surface area (TPSA) is 63.8 Å². The molecular weight excluding hydrogens is 244 g/mol. The Hall–Kier alpha value is -2.14. The molecule has 4 nitrogen and oxygen atoms in total. The van der Waals surface area contributed by atoms with Gasteiger partial charge in [-0.1, -0.05) is 11.3 Å². The third-order valence-electron chi connectivity index (χ3n) is 2.61. The van der Waals surface area contributed by atoms with Crippen molar-refractivity contribution in [2.24, 2.45) is 0 Å². The van der Waals surface area contributed by atoms with Crippen LogP contribution in [0.4, 0.5) is 10.8 Å². The van der Waals surface area contributed by atoms with Crippen LogP contribution in [0.25, 0.3) is 10.2 Å². The van der Waals surface area contributed by atoms with Gasteiger partial charge in [-0.05, 0) is 35.9 Å². The van der Waals surface area contributed by atoms with Gasteiger partial charge in [-0.2, -0.15) is 0 Å². The molecule has 0 fully saturated rings. The van der Waals surface area contributed by atoms with Gasteiger partial charge < -0.3 is 11.1 Å². The number of nitrogens with two attached hydrogens (primary N) is 1. The van der Waals surface area contributed by atoms with E-state index in [2.05, 4.69) is 15.3 Å². The van der Waals surface area contributed by atoms with Gasteiger partial charge in [-0.15, -0.1) is 0 Å². The lowest BCUT2D eigenvalue weighted by molar-refractivity contribution is 1.12. The Morgan fingerprint density at radius 1 is 1.17 bits per heavy atom. The van der Waals surface area contributed by atoms with Crippen LogP contribution in [-0.4, -0.2) is 9.97 Å². The second-order valence-corrected chi connectivity index (χ2v) is 4.99. The molecule has 0 bridgehead atoms. The van der Waals surface area contributed by atoms with Crippen LogP contribution in [0.5, 0.6) is 0 Å². The van der Waals surface area contributed by atoms with Gasteiger partial charge in [0.15, 0.2) is 5.13 Å². The number of pyridine rings is 1. The summed E-state index contributed by atoms with van der Waals surface area (Å²) >= 11 is 1.61. The largest absolute Gasteiger partial charge is 0.399 e. The summed E-state index contributed by atoms with van der Waals surface area (Å²) in [6, 6.07) is 9.73. The van der Waals surface area contributed by atoms with Crippen molar-refractivity contribution in [1.29, 1.82) is 0 Å². The molecule has 0 saturated carbocycles. The van der Waals surface area contributed by atoms with Crippen molar-refractivity contribution in [1.82, 2.24) is 9.97 Å². The molecule has 0 aliphatic carbocycles. The zero-order chi connectivity index (χ0) is 12.4. The average Bonchev–Trinajstić information content (AvgIpc) is 2.79. The maximum absolute atomic E-state index is 5.75. The van der Waals surface area contributed by atoms with Crippen LogP contribution in [0, 0.1) is 0 Å². The summed E-state index contributed by atoms with van der Waals surface area (Å²) in [6.07, 6.45) is 3.58. The Labute approximate surface area is 109 Å². The van der Waals surface area contributed by atoms with E-state index in [4.69, 9.17) is 5.73 Å². The molecule has 0 amide bonds. The van der Waals surface area contributed by atoms with Crippen LogP contribution in [-0.2, 0) is 6.54 Å². The summed E-state index contributed by atoms with van der Waals surface area (Å²) in [5.41, 5.74) is 8.68. The molecule has 18 heavy (non-hydrogen) atoms. The highest BCUT2D eigenvalue weighted by atomic mass is 32.1. The van der Waals surface area contributed by atoms with Gasteiger partial charge in [0.1, 0.15) is 0 Å². The third kappa shape index (κ3) is 2.26. The lowest BCUT2D eigenvalue weighted by Crippen LogP contribution is -1.98. The second kappa shape index (κ2) is 4.62. The van der Waals surface area contributed by atoms with Crippen LogP contribution in [0.15, 0.2) is 42.7 Å². The minimum absolute atomic E-state index is 0.748. The first kappa shape index (κ1) is 11.0. The van der Waals surface area contributed by atoms with Crippen molar-refractivity contribution in [3.8, 4) is 0 Å². The highest BCUT2D eigenvalue weighted by molar-refractivity contribution is 7.22. The lowest BCUT2D eigenvalue weighted by Gasteiger charge is -2.01. The molecule has 1 aromatic carbocycles. The molecule has 3 N–H and O–H groups in total. The highest BCUT2D eigenvalue weighted by Crippen LogP contribution is 2.27. The maximum atomic E-state index is 5.75. The van der Waals surface area contributed by atoms with Crippen molar-refractivity contribution in [2.45, 2.75) is 6.54 Å². The van der Waals surface area contributed by atoms with Gasteiger partial charge in [0, 0.05) is 24.6 Å². The fraction of sp³-hybridized carbons (Fsp3) is 0.0769. The van der Waals surface area contributed by atoms with Crippen LogP contribution < -0.4 is 11.1 Å². The quantitative estimate of drug-likeness (QED) is 0.707. The molecule has 2 heterocycles. The molecule has 0 aliphatic heterocycles. The molecule has 0 saturated heterocycles. The molecule has 0 unspecified atom stereocenters. The first-order valence-electron chi connectivity index (χ1n) is 5.60. The van der Waals surface area contributed by atoms with Gasteiger partial charge in [-0.3, -0.25) is 4.98 Å². The Morgan fingerprint density at radius 3 is 2.83 bits per heavy atom. The third-order valence-corrected chi connectivity index (χ3v) is 3.58. The molecular formula is C13H12N4S. The molecule has 90 valence electrons. The average molecular weight is 256 g/mol. The van der Waals surface area contributed by atoms with Crippen molar-refractivity contribution < 1.29 is 0 Å². The zero-order valence-electron chi connectivity index (χ0n) is 9.63. The first-order chi connectivity index (χ1) is 8.81. The fourth-order valence-corrected chi connectivity index (χ4v) is 2.61. The number of nitrogens with one attached hydrogen (secondary N) is 1. The van der Waals surface area contributed by atoms with E-state index in [1.165, 1.54) is 5.56 Å². The van der Waals surface area contributed by atoms with Crippen LogP contribution >= 0.6 is 11.3 Å². The molecule has 3 rings (SSSR count). The summed E-state index contributed by atoms with van der Waals surface area (Å²) in [7, 11) is 0. The molecule has 2 aromatic heterocycles. The van der Waals surface area contributed by atoms with Crippen molar-refractivity contribution in [2.75, 3.05) is 11.1 Å². The van der Waals surface area contributed by atoms with Gasteiger partial charge in [0.2, 0.25) is 0 Å². The number of aromatic nitrogens is 2. The molecule has 5 heteroatoms. The summed E-state index contributed by atoms with van der Waals surface area (Å²) in [4.78, 5) is 8.50. The number of thiazole rings is 1. The van der Waals surface area contributed by atoms with E-state index < -0.39 is 0 Å². The van der Waals surface area contributed by atoms with E-state index >= 15 is 0 Å². The Bertz CT molecular complexity index is 663. The first-order valence-corrected chi connectivity index (χ1v) is 6.42. The SMILES string of the molecule is Nc1ccc2nc(NCc3ccncc3)sc2c1. The summed E-state index contributed by atoms with van der Waals surface area (Å²) < 4.78 is 1.10. The standard InChI is InChI=1S/C13H12N4S/c14-10-1-2-11-12(7-10)18-13(17-11)16-8-9-3-5-15-6-4-9/h1-7H,8,14H2,(H,16,17). The highest BCUT2D eigenvalue weighted by Gasteiger charge is 2.03. The number of hydrogen-bond acceptors (Lipinski definition) is 5. The smallest absolute Gasteiger partial charge is 0.184 e. The van der Waals surface area contributed by atoms with Gasteiger partial charge in [-0.25, -0.2) is 4.98 Å². The van der Waals surface area contributed by atoms with E-state index in [1.807, 2.05) is 30.3 Å². The number of hydrogen-bond donors (Lipinski definition) is 2. The summed E-state index contributed by atoms with van der Waals surface area (Å²) in [6.45, 7) is 0.748. The Morgan fingerprint density at radius 2 is 2.00 bits per heavy atom. The van der Waals surface area contributed by atoms with Gasteiger partial charge in [0.05, 0.1) is 10.2 Å². The van der Waals surface area contributed by atoms with Gasteiger partial charge >= 0.3 is 0 Å². The van der Waals surface area contributed by atoms with E-state index in [-0.39, 0.29) is 0 Å². The number of benzene rings is 1. The molecule has 0 atom stereocenters. The normalized spacial score (nSPS) is 10.7. The maximum Gasteiger partial charge on any atom is 0.184 e. The molecule has 0 spiro atoms. The zero-order valence-corrected chi connectivity index (χ0v) is 10.4. The van der Waals surface area contributed by atoms with Crippen molar-refractivity contribution >= 4 is 32.4 Å². The minimum atomic E-state index is 0.748.